The fraction of sp³-hybridized carbons (Fsp3) is 0.861. The largest absolute Gasteiger partial charge is 0.550 e. The molecule has 0 aliphatic carbocycles. The number of carboxylic acid groups (broad SMARTS) is 3. The van der Waals surface area contributed by atoms with Gasteiger partial charge in [-0.25, -0.2) is 0 Å². The van der Waals surface area contributed by atoms with E-state index >= 15 is 0 Å². The van der Waals surface area contributed by atoms with Crippen LogP contribution in [-0.4, -0.2) is 58.8 Å². The van der Waals surface area contributed by atoms with Crippen molar-refractivity contribution in [2.24, 2.45) is 0 Å². The van der Waals surface area contributed by atoms with Gasteiger partial charge in [0.2, 0.25) is 0 Å². The van der Waals surface area contributed by atoms with Crippen molar-refractivity contribution in [2.75, 3.05) is 26.2 Å². The molecule has 0 aromatic rings. The molecule has 7 nitrogen and oxygen atoms in total. The lowest BCUT2D eigenvalue weighted by Gasteiger charge is -2.39. The standard InChI is InChI=1S/C36H67NO6/c1-2-3-4-5-6-7-8-9-10-11-12-13-14-15-16-17-18-19-20-21-22-23-30-37(31-24-27-34(38)39,32-25-28-35(40)41)33-26-29-36(42)43/h8-9H,2-7,10-33H2,1H3,(H2-,38,39,40,41,42,43)/b9-8+. The highest BCUT2D eigenvalue weighted by atomic mass is 16.4. The van der Waals surface area contributed by atoms with Gasteiger partial charge in [0.1, 0.15) is 0 Å². The third-order valence-corrected chi connectivity index (χ3v) is 8.70. The summed E-state index contributed by atoms with van der Waals surface area (Å²) in [7, 11) is 0. The number of nitrogens with zero attached hydrogens (tertiary/aromatic N) is 1. The minimum atomic E-state index is -1.07. The maximum absolute atomic E-state index is 11.1. The van der Waals surface area contributed by atoms with Crippen molar-refractivity contribution in [1.82, 2.24) is 0 Å². The molecule has 252 valence electrons. The summed E-state index contributed by atoms with van der Waals surface area (Å²) in [5.41, 5.74) is 0. The molecule has 43 heavy (non-hydrogen) atoms. The lowest BCUT2D eigenvalue weighted by molar-refractivity contribution is -0.929. The Kier molecular flexibility index (Phi) is 28.8. The van der Waals surface area contributed by atoms with Crippen LogP contribution < -0.4 is 5.11 Å². The number of allylic oxidation sites excluding steroid dienone is 2. The summed E-state index contributed by atoms with van der Waals surface area (Å²) in [5.74, 6) is -2.74. The summed E-state index contributed by atoms with van der Waals surface area (Å²) < 4.78 is 0.615. The molecule has 0 bridgehead atoms. The Hall–Kier alpha value is -1.89. The highest BCUT2D eigenvalue weighted by molar-refractivity contribution is 5.66. The van der Waals surface area contributed by atoms with Crippen LogP contribution in [0.5, 0.6) is 0 Å². The molecule has 0 spiro atoms. The lowest BCUT2D eigenvalue weighted by atomic mass is 10.0. The van der Waals surface area contributed by atoms with Crippen LogP contribution in [0.25, 0.3) is 0 Å². The molecule has 0 aliphatic heterocycles. The number of quaternary nitrogens is 1. The molecule has 0 heterocycles. The predicted molar refractivity (Wildman–Crippen MR) is 175 cm³/mol. The van der Waals surface area contributed by atoms with Gasteiger partial charge in [-0.15, -0.1) is 0 Å². The minimum Gasteiger partial charge on any atom is -0.550 e. The monoisotopic (exact) mass is 609 g/mol. The number of hydrogen-bond donors (Lipinski definition) is 2. The van der Waals surface area contributed by atoms with Crippen molar-refractivity contribution >= 4 is 17.9 Å². The number of hydrogen-bond acceptors (Lipinski definition) is 4. The van der Waals surface area contributed by atoms with Crippen molar-refractivity contribution in [3.63, 3.8) is 0 Å². The van der Waals surface area contributed by atoms with Gasteiger partial charge in [-0.1, -0.05) is 109 Å². The zero-order valence-corrected chi connectivity index (χ0v) is 27.8. The van der Waals surface area contributed by atoms with E-state index in [9.17, 15) is 19.5 Å². The fourth-order valence-electron chi connectivity index (χ4n) is 6.12. The van der Waals surface area contributed by atoms with E-state index in [2.05, 4.69) is 19.1 Å². The molecule has 0 aliphatic rings. The van der Waals surface area contributed by atoms with E-state index < -0.39 is 17.9 Å². The molecule has 0 rings (SSSR count). The molecule has 0 saturated heterocycles. The average molecular weight is 610 g/mol. The summed E-state index contributed by atoms with van der Waals surface area (Å²) in [6.45, 7) is 5.04. The maximum atomic E-state index is 11.1. The van der Waals surface area contributed by atoms with Gasteiger partial charge in [-0.3, -0.25) is 9.59 Å². The molecule has 0 unspecified atom stereocenters. The number of aliphatic carboxylic acids is 3. The van der Waals surface area contributed by atoms with Crippen molar-refractivity contribution < 1.29 is 34.2 Å². The molecule has 0 aromatic carbocycles. The summed E-state index contributed by atoms with van der Waals surface area (Å²) in [6, 6.07) is 0. The van der Waals surface area contributed by atoms with E-state index in [1.54, 1.807) is 0 Å². The van der Waals surface area contributed by atoms with Gasteiger partial charge < -0.3 is 24.6 Å². The topological polar surface area (TPSA) is 115 Å². The summed E-state index contributed by atoms with van der Waals surface area (Å²) in [5, 5.41) is 29.2. The van der Waals surface area contributed by atoms with Gasteiger partial charge in [0.05, 0.1) is 39.0 Å². The van der Waals surface area contributed by atoms with E-state index in [-0.39, 0.29) is 19.3 Å². The molecular formula is C36H67NO6. The van der Waals surface area contributed by atoms with Gasteiger partial charge in [-0.2, -0.15) is 0 Å². The Bertz CT molecular complexity index is 658. The lowest BCUT2D eigenvalue weighted by Crippen LogP contribution is -2.51. The van der Waals surface area contributed by atoms with E-state index in [0.717, 1.165) is 19.4 Å². The molecule has 0 atom stereocenters. The predicted octanol–water partition coefficient (Wildman–Crippen LogP) is 8.44. The van der Waals surface area contributed by atoms with Gasteiger partial charge in [0.25, 0.3) is 0 Å². The summed E-state index contributed by atoms with van der Waals surface area (Å²) >= 11 is 0. The van der Waals surface area contributed by atoms with Gasteiger partial charge in [0, 0.05) is 25.2 Å². The molecule has 0 aromatic heterocycles. The smallest absolute Gasteiger partial charge is 0.303 e. The molecule has 7 heteroatoms. The highest BCUT2D eigenvalue weighted by Crippen LogP contribution is 2.19. The third-order valence-electron chi connectivity index (χ3n) is 8.70. The first-order chi connectivity index (χ1) is 20.8. The number of carboxylic acids is 3. The van der Waals surface area contributed by atoms with Crippen molar-refractivity contribution in [3.8, 4) is 0 Å². The zero-order valence-electron chi connectivity index (χ0n) is 27.8. The Labute approximate surface area is 264 Å². The fourth-order valence-corrected chi connectivity index (χ4v) is 6.12. The molecule has 0 radical (unpaired) electrons. The third kappa shape index (κ3) is 29.9. The number of carbonyl (C=O) groups excluding carboxylic acids is 1. The highest BCUT2D eigenvalue weighted by Gasteiger charge is 2.26. The molecule has 2 N–H and O–H groups in total. The second kappa shape index (κ2) is 30.1. The molecular weight excluding hydrogens is 542 g/mol. The zero-order chi connectivity index (χ0) is 31.9. The number of rotatable bonds is 34. The van der Waals surface area contributed by atoms with Gasteiger partial charge in [-0.05, 0) is 44.9 Å². The van der Waals surface area contributed by atoms with Crippen molar-refractivity contribution in [2.45, 2.75) is 174 Å². The number of carbonyl (C=O) groups is 3. The van der Waals surface area contributed by atoms with Crippen LogP contribution in [0, 0.1) is 0 Å². The Morgan fingerprint density at radius 2 is 0.814 bits per heavy atom. The second-order valence-corrected chi connectivity index (χ2v) is 12.8. The van der Waals surface area contributed by atoms with Crippen LogP contribution in [-0.2, 0) is 14.4 Å². The van der Waals surface area contributed by atoms with Crippen molar-refractivity contribution in [1.29, 1.82) is 0 Å². The second-order valence-electron chi connectivity index (χ2n) is 12.8. The van der Waals surface area contributed by atoms with E-state index in [1.807, 2.05) is 0 Å². The first-order valence-corrected chi connectivity index (χ1v) is 17.9. The molecule has 0 amide bonds. The van der Waals surface area contributed by atoms with Crippen LogP contribution in [0.4, 0.5) is 0 Å². The van der Waals surface area contributed by atoms with Gasteiger partial charge >= 0.3 is 11.9 Å². The number of unbranched alkanes of at least 4 members (excludes halogenated alkanes) is 18. The Morgan fingerprint density at radius 1 is 0.488 bits per heavy atom. The van der Waals surface area contributed by atoms with Crippen LogP contribution in [0.3, 0.4) is 0 Å². The first kappa shape index (κ1) is 41.1. The van der Waals surface area contributed by atoms with Crippen molar-refractivity contribution in [3.05, 3.63) is 12.2 Å². The van der Waals surface area contributed by atoms with Crippen LogP contribution in [0.15, 0.2) is 12.2 Å². The van der Waals surface area contributed by atoms with Gasteiger partial charge in [0.15, 0.2) is 0 Å². The average Bonchev–Trinajstić information content (AvgIpc) is 2.95. The quantitative estimate of drug-likeness (QED) is 0.0430. The van der Waals surface area contributed by atoms with Crippen LogP contribution in [0.1, 0.15) is 174 Å². The van der Waals surface area contributed by atoms with E-state index in [1.165, 1.54) is 116 Å². The molecule has 0 fully saturated rings. The maximum Gasteiger partial charge on any atom is 0.303 e. The SMILES string of the molecule is CCCCCCC/C=C/CCCCCCCCCCCCCCC[N+](CCCC(=O)[O-])(CCCC(=O)O)CCCC(=O)O. The summed E-state index contributed by atoms with van der Waals surface area (Å²) in [6.07, 6.45) is 32.3. The first-order valence-electron chi connectivity index (χ1n) is 17.9. The minimum absolute atomic E-state index is 0.0190. The Morgan fingerprint density at radius 3 is 1.19 bits per heavy atom. The van der Waals surface area contributed by atoms with E-state index in [4.69, 9.17) is 10.2 Å². The van der Waals surface area contributed by atoms with Crippen LogP contribution in [0.2, 0.25) is 0 Å². The summed E-state index contributed by atoms with van der Waals surface area (Å²) in [4.78, 5) is 33.1. The molecule has 0 saturated carbocycles. The Balaban J connectivity index is 3.99. The normalized spacial score (nSPS) is 11.8. The van der Waals surface area contributed by atoms with E-state index in [0.29, 0.717) is 43.4 Å². The van der Waals surface area contributed by atoms with Crippen LogP contribution >= 0.6 is 0 Å².